The van der Waals surface area contributed by atoms with E-state index in [1.54, 1.807) is 24.3 Å². The lowest BCUT2D eigenvalue weighted by Gasteiger charge is -2.32. The average Bonchev–Trinajstić information content (AvgIpc) is 3.90. The van der Waals surface area contributed by atoms with Crippen molar-refractivity contribution in [2.75, 3.05) is 26.2 Å². The van der Waals surface area contributed by atoms with Crippen molar-refractivity contribution >= 4 is 11.8 Å². The molecule has 0 unspecified atom stereocenters. The minimum absolute atomic E-state index is 0.0760. The third-order valence-electron chi connectivity index (χ3n) is 7.65. The molecule has 2 amide bonds. The van der Waals surface area contributed by atoms with Gasteiger partial charge in [0.2, 0.25) is 0 Å². The first-order valence-electron chi connectivity index (χ1n) is 21.3. The van der Waals surface area contributed by atoms with Crippen molar-refractivity contribution in [1.82, 2.24) is 9.80 Å². The van der Waals surface area contributed by atoms with Gasteiger partial charge in [-0.15, -0.1) is 0 Å². The van der Waals surface area contributed by atoms with Gasteiger partial charge in [-0.05, 0) is 85.1 Å². The molecule has 4 nitrogen and oxygen atoms in total. The van der Waals surface area contributed by atoms with Crippen LogP contribution in [-0.2, 0) is 6.42 Å². The Labute approximate surface area is 325 Å². The number of hydrogen-bond acceptors (Lipinski definition) is 3. The van der Waals surface area contributed by atoms with Crippen molar-refractivity contribution in [2.45, 2.75) is 170 Å². The molecule has 1 saturated heterocycles. The minimum atomic E-state index is -0.171. The van der Waals surface area contributed by atoms with Crippen LogP contribution in [0.2, 0.25) is 0 Å². The molecule has 4 heteroatoms. The molecule has 5 rings (SSSR count). The fourth-order valence-electron chi connectivity index (χ4n) is 5.75. The Morgan fingerprint density at radius 3 is 1.31 bits per heavy atom. The molecule has 0 aromatic heterocycles. The minimum Gasteiger partial charge on any atom is -0.303 e. The van der Waals surface area contributed by atoms with E-state index in [1.165, 1.54) is 75.0 Å². The summed E-state index contributed by atoms with van der Waals surface area (Å²) in [6.07, 6.45) is 9.96. The molecule has 302 valence electrons. The van der Waals surface area contributed by atoms with Crippen LogP contribution in [0.4, 0.5) is 0 Å². The third kappa shape index (κ3) is 27.2. The zero-order chi connectivity index (χ0) is 40.9. The number of nitrogens with zero attached hydrogens (tertiary/aromatic N) is 2. The highest BCUT2D eigenvalue weighted by molar-refractivity contribution is 6.21. The van der Waals surface area contributed by atoms with Gasteiger partial charge in [0.15, 0.2) is 0 Å². The van der Waals surface area contributed by atoms with E-state index in [9.17, 15) is 9.59 Å². The summed E-state index contributed by atoms with van der Waals surface area (Å²) in [5.74, 6) is 2.49. The van der Waals surface area contributed by atoms with Crippen LogP contribution in [0.5, 0.6) is 0 Å². The lowest BCUT2D eigenvalue weighted by molar-refractivity contribution is 0.0600. The predicted octanol–water partition coefficient (Wildman–Crippen LogP) is 14.3. The number of rotatable bonds is 6. The van der Waals surface area contributed by atoms with Crippen molar-refractivity contribution in [3.8, 4) is 0 Å². The summed E-state index contributed by atoms with van der Waals surface area (Å²) in [5.41, 5.74) is 2.90. The Morgan fingerprint density at radius 2 is 0.981 bits per heavy atom. The summed E-state index contributed by atoms with van der Waals surface area (Å²) in [4.78, 5) is 27.9. The predicted molar refractivity (Wildman–Crippen MR) is 234 cm³/mol. The third-order valence-corrected chi connectivity index (χ3v) is 7.65. The van der Waals surface area contributed by atoms with Crippen LogP contribution >= 0.6 is 0 Å². The number of imide groups is 1. The molecule has 0 bridgehead atoms. The first kappa shape index (κ1) is 53.9. The van der Waals surface area contributed by atoms with Gasteiger partial charge in [0.25, 0.3) is 11.8 Å². The Hall–Kier alpha value is -2.46. The Kier molecular flexibility index (Phi) is 32.1. The highest BCUT2D eigenvalue weighted by atomic mass is 16.2. The van der Waals surface area contributed by atoms with Gasteiger partial charge in [-0.3, -0.25) is 14.5 Å². The smallest absolute Gasteiger partial charge is 0.261 e. The normalized spacial score (nSPS) is 14.7. The number of hydrogen-bond donors (Lipinski definition) is 0. The Bertz CT molecular complexity index is 1080. The summed E-state index contributed by atoms with van der Waals surface area (Å²) >= 11 is 0. The molecular formula is C48H88N2O2. The van der Waals surface area contributed by atoms with E-state index in [0.29, 0.717) is 23.1 Å². The van der Waals surface area contributed by atoms with Gasteiger partial charge in [-0.2, -0.15) is 0 Å². The highest BCUT2D eigenvalue weighted by Gasteiger charge is 2.37. The molecule has 2 heterocycles. The van der Waals surface area contributed by atoms with Crippen LogP contribution in [0.1, 0.15) is 189 Å². The van der Waals surface area contributed by atoms with Crippen LogP contribution in [0.15, 0.2) is 54.6 Å². The fraction of sp³-hybridized carbons (Fsp3) is 0.708. The lowest BCUT2D eigenvalue weighted by Crippen LogP contribution is -2.37. The van der Waals surface area contributed by atoms with E-state index in [4.69, 9.17) is 0 Å². The van der Waals surface area contributed by atoms with E-state index in [1.807, 2.05) is 76.2 Å². The van der Waals surface area contributed by atoms with Crippen molar-refractivity contribution in [3.05, 3.63) is 71.3 Å². The molecule has 2 aliphatic heterocycles. The van der Waals surface area contributed by atoms with Gasteiger partial charge in [-0.1, -0.05) is 186 Å². The molecule has 2 aromatic carbocycles. The standard InChI is InChI=1S/C13H15NO2.C10H21N.C10H14.C7H14.4C2H6/c1-13(2,3)8-14-11(15)9-6-4-5-7-10(9)12(14)16;1-10(2,3)9-11-7-5-4-6-8-11;1-9(2)8-10-6-4-3-5-7-10;1-6(2)5-7-3-4-7;4*1-2/h4-7H,8H2,1-3H3;4-9H2,1-3H3;3-7,9H,8H2,1-2H3;6-7H,3-5H2,1-2H3;4*1-2H3. The zero-order valence-electron chi connectivity index (χ0n) is 37.9. The van der Waals surface area contributed by atoms with E-state index in [2.05, 4.69) is 83.7 Å². The van der Waals surface area contributed by atoms with Crippen LogP contribution in [0.3, 0.4) is 0 Å². The van der Waals surface area contributed by atoms with Crippen LogP contribution in [0, 0.1) is 28.6 Å². The highest BCUT2D eigenvalue weighted by Crippen LogP contribution is 2.34. The molecule has 1 saturated carbocycles. The summed E-state index contributed by atoms with van der Waals surface area (Å²) in [6.45, 7) is 42.5. The number of benzene rings is 2. The van der Waals surface area contributed by atoms with Crippen molar-refractivity contribution < 1.29 is 9.59 Å². The van der Waals surface area contributed by atoms with Crippen molar-refractivity contribution in [1.29, 1.82) is 0 Å². The van der Waals surface area contributed by atoms with E-state index >= 15 is 0 Å². The summed E-state index contributed by atoms with van der Waals surface area (Å²) in [7, 11) is 0. The molecule has 3 aliphatic rings. The monoisotopic (exact) mass is 725 g/mol. The SMILES string of the molecule is CC.CC.CC.CC.CC(C)(C)CN1C(=O)c2ccccc2C1=O.CC(C)(C)CN1CCCCC1.CC(C)CC1CC1.CC(C)Cc1ccccc1. The van der Waals surface area contributed by atoms with Gasteiger partial charge in [-0.25, -0.2) is 0 Å². The maximum atomic E-state index is 12.0. The van der Waals surface area contributed by atoms with E-state index in [-0.39, 0.29) is 17.2 Å². The fourth-order valence-corrected chi connectivity index (χ4v) is 5.75. The maximum absolute atomic E-state index is 12.0. The molecule has 0 atom stereocenters. The van der Waals surface area contributed by atoms with Crippen LogP contribution in [-0.4, -0.2) is 47.8 Å². The molecule has 1 aliphatic carbocycles. The number of likely N-dealkylation sites (tertiary alicyclic amines) is 1. The Morgan fingerprint density at radius 1 is 0.577 bits per heavy atom. The number of amides is 2. The second kappa shape index (κ2) is 30.9. The molecule has 0 radical (unpaired) electrons. The topological polar surface area (TPSA) is 40.6 Å². The first-order valence-corrected chi connectivity index (χ1v) is 21.3. The van der Waals surface area contributed by atoms with Crippen molar-refractivity contribution in [2.24, 2.45) is 28.6 Å². The Balaban J connectivity index is -0.000000595. The summed E-state index contributed by atoms with van der Waals surface area (Å²) in [5, 5.41) is 0. The maximum Gasteiger partial charge on any atom is 0.261 e. The molecule has 0 N–H and O–H groups in total. The molecule has 0 spiro atoms. The van der Waals surface area contributed by atoms with Gasteiger partial charge in [0, 0.05) is 13.1 Å². The number of carbonyl (C=O) groups excluding carboxylic acids is 2. The van der Waals surface area contributed by atoms with Gasteiger partial charge >= 0.3 is 0 Å². The summed E-state index contributed by atoms with van der Waals surface area (Å²) in [6, 6.07) is 17.6. The molecule has 52 heavy (non-hydrogen) atoms. The number of carbonyl (C=O) groups is 2. The van der Waals surface area contributed by atoms with Crippen LogP contribution in [0.25, 0.3) is 0 Å². The largest absolute Gasteiger partial charge is 0.303 e. The van der Waals surface area contributed by atoms with E-state index in [0.717, 1.165) is 17.8 Å². The van der Waals surface area contributed by atoms with Gasteiger partial charge < -0.3 is 4.90 Å². The summed E-state index contributed by atoms with van der Waals surface area (Å²) < 4.78 is 0. The van der Waals surface area contributed by atoms with Crippen LogP contribution < -0.4 is 0 Å². The lowest BCUT2D eigenvalue weighted by atomic mass is 9.95. The second-order valence-electron chi connectivity index (χ2n) is 16.4. The molecule has 2 fully saturated rings. The quantitative estimate of drug-likeness (QED) is 0.279. The van der Waals surface area contributed by atoms with Gasteiger partial charge in [0.05, 0.1) is 11.1 Å². The average molecular weight is 725 g/mol. The number of piperidine rings is 1. The van der Waals surface area contributed by atoms with E-state index < -0.39 is 0 Å². The zero-order valence-corrected chi connectivity index (χ0v) is 37.9. The van der Waals surface area contributed by atoms with Crippen molar-refractivity contribution in [3.63, 3.8) is 0 Å². The van der Waals surface area contributed by atoms with Gasteiger partial charge in [0.1, 0.15) is 0 Å². The number of fused-ring (bicyclic) bond motifs is 1. The molecular weight excluding hydrogens is 637 g/mol. The second-order valence-corrected chi connectivity index (χ2v) is 16.4. The first-order chi connectivity index (χ1) is 24.6. The molecule has 2 aromatic rings.